The van der Waals surface area contributed by atoms with Crippen LogP contribution >= 0.6 is 0 Å². The maximum absolute atomic E-state index is 14.5. The first-order valence-electron chi connectivity index (χ1n) is 14.9. The van der Waals surface area contributed by atoms with Crippen LogP contribution in [0.25, 0.3) is 0 Å². The normalized spacial score (nSPS) is 28.1. The van der Waals surface area contributed by atoms with Gasteiger partial charge in [0.05, 0.1) is 35.3 Å². The number of hydrogen-bond acceptors (Lipinski definition) is 6. The smallest absolute Gasteiger partial charge is 0.253 e. The van der Waals surface area contributed by atoms with Crippen molar-refractivity contribution in [3.8, 4) is 0 Å². The van der Waals surface area contributed by atoms with Crippen LogP contribution in [0, 0.1) is 25.7 Å². The number of anilines is 2. The molecular formula is C36H30N4O4. The summed E-state index contributed by atoms with van der Waals surface area (Å²) in [5.41, 5.74) is 4.39. The van der Waals surface area contributed by atoms with E-state index in [1.807, 2.05) is 121 Å². The fourth-order valence-electron chi connectivity index (χ4n) is 7.90. The van der Waals surface area contributed by atoms with E-state index in [2.05, 4.69) is 0 Å². The lowest BCUT2D eigenvalue weighted by atomic mass is 9.84. The van der Waals surface area contributed by atoms with Crippen LogP contribution in [-0.2, 0) is 19.2 Å². The molecule has 0 radical (unpaired) electrons. The van der Waals surface area contributed by atoms with E-state index in [1.54, 1.807) is 12.1 Å². The van der Waals surface area contributed by atoms with Gasteiger partial charge in [-0.2, -0.15) is 0 Å². The molecule has 0 bridgehead atoms. The number of amides is 4. The number of aryl methyl sites for hydroxylation is 2. The zero-order valence-corrected chi connectivity index (χ0v) is 24.3. The lowest BCUT2D eigenvalue weighted by Crippen LogP contribution is -2.50. The summed E-state index contributed by atoms with van der Waals surface area (Å²) in [6.45, 7) is 3.77. The topological polar surface area (TPSA) is 81.2 Å². The number of rotatable bonds is 4. The second-order valence-electron chi connectivity index (χ2n) is 12.0. The number of benzene rings is 4. The Kier molecular flexibility index (Phi) is 5.95. The van der Waals surface area contributed by atoms with E-state index < -0.39 is 36.0 Å². The third-order valence-electron chi connectivity index (χ3n) is 9.72. The number of hydrogen-bond donors (Lipinski definition) is 0. The first-order chi connectivity index (χ1) is 21.4. The van der Waals surface area contributed by atoms with Crippen LogP contribution in [0.15, 0.2) is 109 Å². The van der Waals surface area contributed by atoms with Crippen LogP contribution in [0.1, 0.15) is 34.3 Å². The van der Waals surface area contributed by atoms with Crippen LogP contribution in [0.3, 0.4) is 0 Å². The van der Waals surface area contributed by atoms with Crippen molar-refractivity contribution in [3.63, 3.8) is 0 Å². The first-order valence-corrected chi connectivity index (χ1v) is 14.9. The zero-order valence-electron chi connectivity index (χ0n) is 24.3. The van der Waals surface area contributed by atoms with Gasteiger partial charge in [-0.3, -0.25) is 19.2 Å². The molecule has 0 aromatic heterocycles. The van der Waals surface area contributed by atoms with E-state index in [4.69, 9.17) is 0 Å². The Morgan fingerprint density at radius 2 is 0.750 bits per heavy atom. The summed E-state index contributed by atoms with van der Waals surface area (Å²) >= 11 is 0. The SMILES string of the molecule is Cc1ccccc1N1C(=O)[C@H]2[C@@H](c3ccccc3)N3[C@H]4C(=O)N(c5ccccc5C)C(=O)[C@H]4[C@@H](c4ccccc4)N3[C@H]2C1=O. The Labute approximate surface area is 255 Å². The van der Waals surface area contributed by atoms with Gasteiger partial charge in [0, 0.05) is 0 Å². The van der Waals surface area contributed by atoms with Crippen molar-refractivity contribution < 1.29 is 19.2 Å². The molecule has 4 aliphatic heterocycles. The zero-order chi connectivity index (χ0) is 30.3. The maximum Gasteiger partial charge on any atom is 0.253 e. The van der Waals surface area contributed by atoms with Gasteiger partial charge in [0.1, 0.15) is 12.1 Å². The second kappa shape index (κ2) is 9.80. The highest BCUT2D eigenvalue weighted by Gasteiger charge is 2.73. The molecule has 44 heavy (non-hydrogen) atoms. The molecule has 0 aliphatic carbocycles. The van der Waals surface area contributed by atoms with E-state index in [-0.39, 0.29) is 23.6 Å². The number of carbonyl (C=O) groups is 4. The van der Waals surface area contributed by atoms with Crippen molar-refractivity contribution >= 4 is 35.0 Å². The molecule has 8 rings (SSSR count). The molecule has 6 atom stereocenters. The highest BCUT2D eigenvalue weighted by Crippen LogP contribution is 2.59. The molecule has 4 heterocycles. The summed E-state index contributed by atoms with van der Waals surface area (Å²) < 4.78 is 0. The van der Waals surface area contributed by atoms with Crippen molar-refractivity contribution in [3.05, 3.63) is 131 Å². The standard InChI is InChI=1S/C36H30N4O4/c1-21-13-9-11-19-25(21)37-33(41)27-29(23-15-5-3-6-16-23)40-32-28(34(42)38(36(32)44)26-20-12-10-14-22(26)2)30(24-17-7-4-8-18-24)39(40)31(27)35(37)43/h3-20,27-32H,1-2H3/t27-,28-,29+,30+,31+,32+/m0/s1. The van der Waals surface area contributed by atoms with Gasteiger partial charge < -0.3 is 0 Å². The van der Waals surface area contributed by atoms with Gasteiger partial charge in [0.25, 0.3) is 11.8 Å². The van der Waals surface area contributed by atoms with Crippen molar-refractivity contribution in [2.24, 2.45) is 11.8 Å². The molecular weight excluding hydrogens is 552 g/mol. The Balaban J connectivity index is 1.34. The van der Waals surface area contributed by atoms with E-state index in [9.17, 15) is 19.2 Å². The molecule has 0 unspecified atom stereocenters. The number of hydrazine groups is 1. The second-order valence-corrected chi connectivity index (χ2v) is 12.0. The Morgan fingerprint density at radius 1 is 0.409 bits per heavy atom. The monoisotopic (exact) mass is 582 g/mol. The summed E-state index contributed by atoms with van der Waals surface area (Å²) in [5.74, 6) is -2.82. The average Bonchev–Trinajstić information content (AvgIpc) is 3.70. The molecule has 218 valence electrons. The van der Waals surface area contributed by atoms with Gasteiger partial charge >= 0.3 is 0 Å². The molecule has 4 saturated heterocycles. The van der Waals surface area contributed by atoms with Gasteiger partial charge in [-0.25, -0.2) is 19.8 Å². The van der Waals surface area contributed by atoms with E-state index in [1.165, 1.54) is 9.80 Å². The molecule has 8 nitrogen and oxygen atoms in total. The summed E-state index contributed by atoms with van der Waals surface area (Å²) in [7, 11) is 0. The first kappa shape index (κ1) is 26.7. The minimum atomic E-state index is -0.879. The van der Waals surface area contributed by atoms with Gasteiger partial charge in [-0.15, -0.1) is 0 Å². The number of nitrogens with zero attached hydrogens (tertiary/aromatic N) is 4. The molecule has 0 saturated carbocycles. The van der Waals surface area contributed by atoms with E-state index in [0.29, 0.717) is 11.4 Å². The fourth-order valence-corrected chi connectivity index (χ4v) is 7.90. The summed E-state index contributed by atoms with van der Waals surface area (Å²) in [4.78, 5) is 60.6. The fraction of sp³-hybridized carbons (Fsp3) is 0.222. The largest absolute Gasteiger partial charge is 0.274 e. The quantitative estimate of drug-likeness (QED) is 0.323. The maximum atomic E-state index is 14.5. The van der Waals surface area contributed by atoms with Gasteiger partial charge in [0.2, 0.25) is 11.8 Å². The Bertz CT molecular complexity index is 1710. The molecule has 4 aliphatic rings. The molecule has 4 amide bonds. The molecule has 8 heteroatoms. The summed E-state index contributed by atoms with van der Waals surface area (Å²) in [6, 6.07) is 30.9. The van der Waals surface area contributed by atoms with Crippen LogP contribution in [-0.4, -0.2) is 45.7 Å². The summed E-state index contributed by atoms with van der Waals surface area (Å²) in [6.07, 6.45) is 0. The molecule has 4 aromatic rings. The van der Waals surface area contributed by atoms with Gasteiger partial charge in [-0.1, -0.05) is 97.1 Å². The lowest BCUT2D eigenvalue weighted by molar-refractivity contribution is -0.136. The highest BCUT2D eigenvalue weighted by atomic mass is 16.2. The van der Waals surface area contributed by atoms with Gasteiger partial charge in [-0.05, 0) is 48.2 Å². The molecule has 0 spiro atoms. The predicted molar refractivity (Wildman–Crippen MR) is 164 cm³/mol. The number of para-hydroxylation sites is 2. The van der Waals surface area contributed by atoms with E-state index in [0.717, 1.165) is 22.3 Å². The predicted octanol–water partition coefficient (Wildman–Crippen LogP) is 4.75. The Morgan fingerprint density at radius 3 is 1.11 bits per heavy atom. The lowest BCUT2D eigenvalue weighted by Gasteiger charge is -2.36. The van der Waals surface area contributed by atoms with Crippen LogP contribution in [0.4, 0.5) is 11.4 Å². The third-order valence-corrected chi connectivity index (χ3v) is 9.72. The number of fused-ring (bicyclic) bond motifs is 5. The van der Waals surface area contributed by atoms with Crippen LogP contribution in [0.2, 0.25) is 0 Å². The third kappa shape index (κ3) is 3.52. The minimum absolute atomic E-state index is 0.298. The Hall–Kier alpha value is -4.92. The van der Waals surface area contributed by atoms with Crippen molar-refractivity contribution in [1.82, 2.24) is 10.0 Å². The molecule has 0 N–H and O–H groups in total. The summed E-state index contributed by atoms with van der Waals surface area (Å²) in [5, 5.41) is 3.83. The van der Waals surface area contributed by atoms with Crippen molar-refractivity contribution in [2.75, 3.05) is 9.80 Å². The average molecular weight is 583 g/mol. The minimum Gasteiger partial charge on any atom is -0.274 e. The molecule has 4 fully saturated rings. The number of imide groups is 2. The number of carbonyl (C=O) groups excluding carboxylic acids is 4. The van der Waals surface area contributed by atoms with Crippen LogP contribution in [0.5, 0.6) is 0 Å². The van der Waals surface area contributed by atoms with Crippen molar-refractivity contribution in [2.45, 2.75) is 38.0 Å². The van der Waals surface area contributed by atoms with Gasteiger partial charge in [0.15, 0.2) is 0 Å². The van der Waals surface area contributed by atoms with Crippen LogP contribution < -0.4 is 9.80 Å². The molecule has 4 aromatic carbocycles. The van der Waals surface area contributed by atoms with E-state index >= 15 is 0 Å². The van der Waals surface area contributed by atoms with Crippen molar-refractivity contribution in [1.29, 1.82) is 0 Å². The highest BCUT2D eigenvalue weighted by molar-refractivity contribution is 6.26.